The van der Waals surface area contributed by atoms with Gasteiger partial charge in [-0.05, 0) is 26.0 Å². The first-order valence-electron chi connectivity index (χ1n) is 8.58. The van der Waals surface area contributed by atoms with Crippen LogP contribution in [0.3, 0.4) is 0 Å². The van der Waals surface area contributed by atoms with Crippen LogP contribution in [-0.4, -0.2) is 11.8 Å². The molecule has 1 atom stereocenters. The summed E-state index contributed by atoms with van der Waals surface area (Å²) >= 11 is 0. The number of rotatable bonds is 5. The molecule has 0 saturated heterocycles. The molecule has 0 aromatic heterocycles. The van der Waals surface area contributed by atoms with E-state index in [4.69, 9.17) is 4.74 Å². The van der Waals surface area contributed by atoms with Crippen LogP contribution in [0.2, 0.25) is 0 Å². The Labute approximate surface area is 157 Å². The third kappa shape index (κ3) is 4.29. The molecule has 4 heteroatoms. The van der Waals surface area contributed by atoms with Gasteiger partial charge < -0.3 is 4.74 Å². The summed E-state index contributed by atoms with van der Waals surface area (Å²) in [7, 11) is 0. The summed E-state index contributed by atoms with van der Waals surface area (Å²) in [6.45, 7) is 3.84. The van der Waals surface area contributed by atoms with Crippen molar-refractivity contribution < 1.29 is 18.7 Å². The molecule has 3 aromatic rings. The fourth-order valence-corrected chi connectivity index (χ4v) is 2.68. The zero-order valence-corrected chi connectivity index (χ0v) is 15.1. The van der Waals surface area contributed by atoms with E-state index in [0.29, 0.717) is 11.1 Å². The molecular formula is C23H19FO3. The van der Waals surface area contributed by atoms with E-state index in [9.17, 15) is 14.0 Å². The van der Waals surface area contributed by atoms with Gasteiger partial charge in [-0.15, -0.1) is 0 Å². The van der Waals surface area contributed by atoms with Gasteiger partial charge in [0.1, 0.15) is 5.82 Å². The van der Waals surface area contributed by atoms with Gasteiger partial charge in [-0.3, -0.25) is 4.79 Å². The minimum absolute atomic E-state index is 0.202. The van der Waals surface area contributed by atoms with Crippen LogP contribution in [0, 0.1) is 19.7 Å². The molecule has 0 radical (unpaired) electrons. The summed E-state index contributed by atoms with van der Waals surface area (Å²) in [5.74, 6) is -1.92. The Morgan fingerprint density at radius 2 is 1.37 bits per heavy atom. The fraction of sp³-hybridized carbons (Fsp3) is 0.130. The second-order valence-corrected chi connectivity index (χ2v) is 6.41. The van der Waals surface area contributed by atoms with Crippen LogP contribution >= 0.6 is 0 Å². The average molecular weight is 362 g/mol. The largest absolute Gasteiger partial charge is 0.445 e. The van der Waals surface area contributed by atoms with E-state index >= 15 is 0 Å². The third-order valence-corrected chi connectivity index (χ3v) is 4.27. The summed E-state index contributed by atoms with van der Waals surface area (Å²) < 4.78 is 19.4. The minimum atomic E-state index is -1.15. The van der Waals surface area contributed by atoms with E-state index in [-0.39, 0.29) is 11.3 Å². The SMILES string of the molecule is Cc1ccc(C(=O)[C@@H](OC(=O)c2ccccc2F)c2ccc(C)cc2)cc1. The molecule has 0 aliphatic rings. The predicted molar refractivity (Wildman–Crippen MR) is 101 cm³/mol. The van der Waals surface area contributed by atoms with Crippen LogP contribution in [0.25, 0.3) is 0 Å². The number of carbonyl (C=O) groups excluding carboxylic acids is 2. The van der Waals surface area contributed by atoms with Crippen molar-refractivity contribution in [3.05, 3.63) is 106 Å². The molecule has 0 N–H and O–H groups in total. The number of ketones is 1. The van der Waals surface area contributed by atoms with Gasteiger partial charge in [0.15, 0.2) is 6.10 Å². The van der Waals surface area contributed by atoms with Gasteiger partial charge in [0.2, 0.25) is 5.78 Å². The molecule has 3 aromatic carbocycles. The van der Waals surface area contributed by atoms with Crippen LogP contribution in [0.5, 0.6) is 0 Å². The summed E-state index contributed by atoms with van der Waals surface area (Å²) in [6, 6.07) is 19.7. The molecule has 3 nitrogen and oxygen atoms in total. The second kappa shape index (κ2) is 7.96. The first-order valence-corrected chi connectivity index (χ1v) is 8.58. The summed E-state index contributed by atoms with van der Waals surface area (Å²) in [5, 5.41) is 0. The van der Waals surface area contributed by atoms with Crippen molar-refractivity contribution in [3.8, 4) is 0 Å². The number of hydrogen-bond donors (Lipinski definition) is 0. The first kappa shape index (κ1) is 18.5. The van der Waals surface area contributed by atoms with Crippen molar-refractivity contribution in [2.24, 2.45) is 0 Å². The predicted octanol–water partition coefficient (Wildman–Crippen LogP) is 5.22. The number of benzene rings is 3. The quantitative estimate of drug-likeness (QED) is 0.461. The zero-order chi connectivity index (χ0) is 19.4. The highest BCUT2D eigenvalue weighted by molar-refractivity contribution is 6.02. The Hall–Kier alpha value is -3.27. The molecule has 136 valence electrons. The molecule has 3 rings (SSSR count). The molecule has 27 heavy (non-hydrogen) atoms. The van der Waals surface area contributed by atoms with Gasteiger partial charge in [0, 0.05) is 11.1 Å². The normalized spacial score (nSPS) is 11.7. The van der Waals surface area contributed by atoms with Crippen molar-refractivity contribution in [2.45, 2.75) is 20.0 Å². The number of ether oxygens (including phenoxy) is 1. The monoisotopic (exact) mass is 362 g/mol. The number of halogens is 1. The van der Waals surface area contributed by atoms with Crippen molar-refractivity contribution in [3.63, 3.8) is 0 Å². The van der Waals surface area contributed by atoms with E-state index in [1.54, 1.807) is 30.3 Å². The first-order chi connectivity index (χ1) is 13.0. The lowest BCUT2D eigenvalue weighted by atomic mass is 9.98. The molecule has 0 amide bonds. The Morgan fingerprint density at radius 3 is 1.96 bits per heavy atom. The standard InChI is InChI=1S/C23H19FO3/c1-15-7-11-17(12-8-15)21(25)22(18-13-9-16(2)10-14-18)27-23(26)19-5-3-4-6-20(19)24/h3-14,22H,1-2H3/t22-/m0/s1. The number of esters is 1. The Bertz CT molecular complexity index is 960. The molecule has 0 aliphatic heterocycles. The Kier molecular flexibility index (Phi) is 5.46. The number of aryl methyl sites for hydroxylation is 2. The molecule has 0 saturated carbocycles. The van der Waals surface area contributed by atoms with Crippen molar-refractivity contribution >= 4 is 11.8 Å². The molecule has 0 fully saturated rings. The lowest BCUT2D eigenvalue weighted by Gasteiger charge is -2.18. The summed E-state index contributed by atoms with van der Waals surface area (Å²) in [5.41, 5.74) is 2.79. The molecule has 0 aliphatic carbocycles. The highest BCUT2D eigenvalue weighted by Crippen LogP contribution is 2.25. The summed E-state index contributed by atoms with van der Waals surface area (Å²) in [6.07, 6.45) is -1.15. The van der Waals surface area contributed by atoms with Crippen molar-refractivity contribution in [1.29, 1.82) is 0 Å². The lowest BCUT2D eigenvalue weighted by Crippen LogP contribution is -2.21. The zero-order valence-electron chi connectivity index (χ0n) is 15.1. The Morgan fingerprint density at radius 1 is 0.815 bits per heavy atom. The summed E-state index contributed by atoms with van der Waals surface area (Å²) in [4.78, 5) is 25.5. The number of carbonyl (C=O) groups is 2. The molecule has 0 bridgehead atoms. The Balaban J connectivity index is 1.96. The highest BCUT2D eigenvalue weighted by Gasteiger charge is 2.27. The van der Waals surface area contributed by atoms with Gasteiger partial charge in [0.05, 0.1) is 5.56 Å². The fourth-order valence-electron chi connectivity index (χ4n) is 2.68. The van der Waals surface area contributed by atoms with E-state index < -0.39 is 17.9 Å². The van der Waals surface area contributed by atoms with Crippen molar-refractivity contribution in [2.75, 3.05) is 0 Å². The maximum atomic E-state index is 13.9. The van der Waals surface area contributed by atoms with E-state index in [2.05, 4.69) is 0 Å². The molecule has 0 unspecified atom stereocenters. The number of hydrogen-bond acceptors (Lipinski definition) is 3. The van der Waals surface area contributed by atoms with Gasteiger partial charge in [-0.2, -0.15) is 0 Å². The molecule has 0 spiro atoms. The lowest BCUT2D eigenvalue weighted by molar-refractivity contribution is 0.0275. The average Bonchev–Trinajstić information content (AvgIpc) is 2.67. The maximum absolute atomic E-state index is 13.9. The number of Topliss-reactive ketones (excluding diaryl/α,β-unsaturated/α-hetero) is 1. The highest BCUT2D eigenvalue weighted by atomic mass is 19.1. The van der Waals surface area contributed by atoms with E-state index in [1.165, 1.54) is 18.2 Å². The van der Waals surface area contributed by atoms with Gasteiger partial charge >= 0.3 is 5.97 Å². The smallest absolute Gasteiger partial charge is 0.342 e. The topological polar surface area (TPSA) is 43.4 Å². The second-order valence-electron chi connectivity index (χ2n) is 6.41. The minimum Gasteiger partial charge on any atom is -0.445 e. The van der Waals surface area contributed by atoms with Crippen molar-refractivity contribution in [1.82, 2.24) is 0 Å². The van der Waals surface area contributed by atoms with Crippen LogP contribution in [0.4, 0.5) is 4.39 Å². The van der Waals surface area contributed by atoms with Gasteiger partial charge in [-0.25, -0.2) is 9.18 Å². The van der Waals surface area contributed by atoms with Crippen LogP contribution in [0.1, 0.15) is 43.5 Å². The van der Waals surface area contributed by atoms with E-state index in [1.807, 2.05) is 38.1 Å². The van der Waals surface area contributed by atoms with Crippen LogP contribution in [0.15, 0.2) is 72.8 Å². The van der Waals surface area contributed by atoms with E-state index in [0.717, 1.165) is 11.1 Å². The van der Waals surface area contributed by atoms with Crippen LogP contribution in [-0.2, 0) is 4.74 Å². The van der Waals surface area contributed by atoms with Crippen LogP contribution < -0.4 is 0 Å². The van der Waals surface area contributed by atoms with Gasteiger partial charge in [0.25, 0.3) is 0 Å². The maximum Gasteiger partial charge on any atom is 0.342 e. The third-order valence-electron chi connectivity index (χ3n) is 4.27. The van der Waals surface area contributed by atoms with Gasteiger partial charge in [-0.1, -0.05) is 71.8 Å². The molecule has 0 heterocycles. The molecular weight excluding hydrogens is 343 g/mol.